The van der Waals surface area contributed by atoms with Gasteiger partial charge in [-0.15, -0.1) is 0 Å². The van der Waals surface area contributed by atoms with Crippen LogP contribution in [0.2, 0.25) is 0 Å². The van der Waals surface area contributed by atoms with Gasteiger partial charge in [-0.2, -0.15) is 5.10 Å². The summed E-state index contributed by atoms with van der Waals surface area (Å²) in [5.41, 5.74) is 6.41. The molecule has 6 nitrogen and oxygen atoms in total. The largest absolute Gasteiger partial charge is 0.378 e. The molecule has 4 aromatic rings. The van der Waals surface area contributed by atoms with Crippen LogP contribution in [-0.2, 0) is 4.74 Å². The molecule has 0 spiro atoms. The third-order valence-corrected chi connectivity index (χ3v) is 5.45. The van der Waals surface area contributed by atoms with Crippen LogP contribution in [0.1, 0.15) is 15.9 Å². The van der Waals surface area contributed by atoms with Gasteiger partial charge in [-0.25, -0.2) is 4.98 Å². The lowest BCUT2D eigenvalue weighted by atomic mass is 10.0. The Hall–Kier alpha value is -3.51. The van der Waals surface area contributed by atoms with Gasteiger partial charge in [0, 0.05) is 35.2 Å². The predicted octanol–water partition coefficient (Wildman–Crippen LogP) is 4.07. The summed E-state index contributed by atoms with van der Waals surface area (Å²) in [5, 5.41) is 8.47. The number of hydrogen-bond donors (Lipinski definition) is 1. The number of aromatic nitrogens is 3. The van der Waals surface area contributed by atoms with E-state index in [1.807, 2.05) is 47.4 Å². The van der Waals surface area contributed by atoms with Crippen LogP contribution in [0.3, 0.4) is 0 Å². The van der Waals surface area contributed by atoms with E-state index in [2.05, 4.69) is 35.3 Å². The zero-order chi connectivity index (χ0) is 20.5. The normalized spacial score (nSPS) is 14.2. The van der Waals surface area contributed by atoms with Gasteiger partial charge in [-0.3, -0.25) is 9.89 Å². The highest BCUT2D eigenvalue weighted by molar-refractivity contribution is 5.96. The summed E-state index contributed by atoms with van der Waals surface area (Å²) < 4.78 is 5.33. The Labute approximate surface area is 174 Å². The molecule has 2 aromatic carbocycles. The van der Waals surface area contributed by atoms with Gasteiger partial charge in [0.1, 0.15) is 0 Å². The summed E-state index contributed by atoms with van der Waals surface area (Å²) in [6.45, 7) is 4.55. The fraction of sp³-hybridized carbons (Fsp3) is 0.208. The Morgan fingerprint density at radius 3 is 2.57 bits per heavy atom. The number of carbonyl (C=O) groups excluding carboxylic acids is 1. The van der Waals surface area contributed by atoms with Crippen LogP contribution in [0, 0.1) is 6.92 Å². The number of carbonyl (C=O) groups is 1. The van der Waals surface area contributed by atoms with Crippen LogP contribution >= 0.6 is 0 Å². The molecule has 0 atom stereocenters. The van der Waals surface area contributed by atoms with Crippen molar-refractivity contribution in [1.82, 2.24) is 20.1 Å². The van der Waals surface area contributed by atoms with Crippen molar-refractivity contribution in [3.8, 4) is 22.5 Å². The number of ether oxygens (including phenoxy) is 1. The minimum absolute atomic E-state index is 0.0452. The average molecular weight is 398 g/mol. The predicted molar refractivity (Wildman–Crippen MR) is 116 cm³/mol. The zero-order valence-electron chi connectivity index (χ0n) is 16.8. The van der Waals surface area contributed by atoms with Crippen LogP contribution < -0.4 is 0 Å². The number of hydrogen-bond acceptors (Lipinski definition) is 4. The lowest BCUT2D eigenvalue weighted by Gasteiger charge is -2.26. The summed E-state index contributed by atoms with van der Waals surface area (Å²) in [6, 6.07) is 20.0. The van der Waals surface area contributed by atoms with Crippen LogP contribution in [0.15, 0.2) is 60.7 Å². The van der Waals surface area contributed by atoms with Crippen LogP contribution in [0.4, 0.5) is 0 Å². The highest BCUT2D eigenvalue weighted by Crippen LogP contribution is 2.28. The Morgan fingerprint density at radius 1 is 1.00 bits per heavy atom. The minimum Gasteiger partial charge on any atom is -0.378 e. The van der Waals surface area contributed by atoms with Crippen LogP contribution in [-0.4, -0.2) is 52.3 Å². The van der Waals surface area contributed by atoms with Gasteiger partial charge in [0.05, 0.1) is 24.6 Å². The maximum absolute atomic E-state index is 12.6. The van der Waals surface area contributed by atoms with E-state index in [-0.39, 0.29) is 5.91 Å². The van der Waals surface area contributed by atoms with Crippen molar-refractivity contribution in [3.05, 3.63) is 71.8 Å². The number of aromatic amines is 1. The third-order valence-electron chi connectivity index (χ3n) is 5.45. The molecule has 1 saturated heterocycles. The van der Waals surface area contributed by atoms with Gasteiger partial charge in [0.25, 0.3) is 5.91 Å². The monoisotopic (exact) mass is 398 g/mol. The number of nitrogens with one attached hydrogen (secondary N) is 1. The van der Waals surface area contributed by atoms with Crippen molar-refractivity contribution in [1.29, 1.82) is 0 Å². The number of pyridine rings is 1. The van der Waals surface area contributed by atoms with Gasteiger partial charge >= 0.3 is 0 Å². The number of aryl methyl sites for hydroxylation is 1. The van der Waals surface area contributed by atoms with Crippen molar-refractivity contribution in [3.63, 3.8) is 0 Å². The summed E-state index contributed by atoms with van der Waals surface area (Å²) in [4.78, 5) is 19.2. The van der Waals surface area contributed by atoms with E-state index in [0.717, 1.165) is 27.9 Å². The first-order chi connectivity index (χ1) is 14.7. The van der Waals surface area contributed by atoms with E-state index in [0.29, 0.717) is 37.5 Å². The molecule has 5 rings (SSSR count). The highest BCUT2D eigenvalue weighted by Gasteiger charge is 2.19. The molecule has 1 amide bonds. The fourth-order valence-electron chi connectivity index (χ4n) is 3.81. The molecule has 0 bridgehead atoms. The third kappa shape index (κ3) is 3.46. The minimum atomic E-state index is 0.0452. The lowest BCUT2D eigenvalue weighted by Crippen LogP contribution is -2.40. The molecule has 0 saturated carbocycles. The molecule has 6 heteroatoms. The number of morpholine rings is 1. The number of amides is 1. The van der Waals surface area contributed by atoms with Crippen molar-refractivity contribution in [2.24, 2.45) is 0 Å². The van der Waals surface area contributed by atoms with Crippen molar-refractivity contribution >= 4 is 16.9 Å². The number of benzene rings is 2. The second-order valence-corrected chi connectivity index (χ2v) is 7.52. The lowest BCUT2D eigenvalue weighted by molar-refractivity contribution is 0.0303. The van der Waals surface area contributed by atoms with Crippen LogP contribution in [0.5, 0.6) is 0 Å². The Kier molecular flexibility index (Phi) is 4.77. The van der Waals surface area contributed by atoms with Gasteiger partial charge in [0.2, 0.25) is 0 Å². The SMILES string of the molecule is Cc1cccc(-c2ccc3c(-c4ccc(C(=O)N5CCOCC5)cc4)[nH]nc3n2)c1. The van der Waals surface area contributed by atoms with Gasteiger partial charge in [-0.1, -0.05) is 35.9 Å². The zero-order valence-corrected chi connectivity index (χ0v) is 16.8. The molecule has 1 aliphatic heterocycles. The Balaban J connectivity index is 1.43. The van der Waals surface area contributed by atoms with E-state index in [4.69, 9.17) is 9.72 Å². The van der Waals surface area contributed by atoms with Crippen LogP contribution in [0.25, 0.3) is 33.5 Å². The smallest absolute Gasteiger partial charge is 0.254 e. The van der Waals surface area contributed by atoms with E-state index < -0.39 is 0 Å². The van der Waals surface area contributed by atoms with Gasteiger partial charge in [0.15, 0.2) is 5.65 Å². The fourth-order valence-corrected chi connectivity index (χ4v) is 3.81. The molecule has 1 N–H and O–H groups in total. The maximum atomic E-state index is 12.6. The Bertz CT molecular complexity index is 1210. The summed E-state index contributed by atoms with van der Waals surface area (Å²) >= 11 is 0. The summed E-state index contributed by atoms with van der Waals surface area (Å²) in [5.74, 6) is 0.0452. The van der Waals surface area contributed by atoms with E-state index in [1.165, 1.54) is 5.56 Å². The van der Waals surface area contributed by atoms with Crippen molar-refractivity contribution in [2.75, 3.05) is 26.3 Å². The molecule has 30 heavy (non-hydrogen) atoms. The van der Waals surface area contributed by atoms with Crippen molar-refractivity contribution < 1.29 is 9.53 Å². The molecule has 3 heterocycles. The molecule has 1 fully saturated rings. The van der Waals surface area contributed by atoms with Crippen molar-refractivity contribution in [2.45, 2.75) is 6.92 Å². The molecule has 150 valence electrons. The number of fused-ring (bicyclic) bond motifs is 1. The molecule has 0 radical (unpaired) electrons. The quantitative estimate of drug-likeness (QED) is 0.565. The number of rotatable bonds is 3. The summed E-state index contributed by atoms with van der Waals surface area (Å²) in [7, 11) is 0. The first kappa shape index (κ1) is 18.5. The van der Waals surface area contributed by atoms with E-state index in [1.54, 1.807) is 0 Å². The molecule has 0 aliphatic carbocycles. The standard InChI is InChI=1S/C24H22N4O2/c1-16-3-2-4-19(15-16)21-10-9-20-22(26-27-23(20)25-21)17-5-7-18(8-6-17)24(29)28-11-13-30-14-12-28/h2-10,15H,11-14H2,1H3,(H,25,26,27). The van der Waals surface area contributed by atoms with Gasteiger partial charge < -0.3 is 9.64 Å². The molecular formula is C24H22N4O2. The average Bonchev–Trinajstić information content (AvgIpc) is 3.22. The molecule has 1 aliphatic rings. The second kappa shape index (κ2) is 7.72. The van der Waals surface area contributed by atoms with E-state index >= 15 is 0 Å². The van der Waals surface area contributed by atoms with Gasteiger partial charge in [-0.05, 0) is 37.3 Å². The highest BCUT2D eigenvalue weighted by atomic mass is 16.5. The number of H-pyrrole nitrogens is 1. The topological polar surface area (TPSA) is 71.1 Å². The first-order valence-corrected chi connectivity index (χ1v) is 10.1. The summed E-state index contributed by atoms with van der Waals surface area (Å²) in [6.07, 6.45) is 0. The van der Waals surface area contributed by atoms with E-state index in [9.17, 15) is 4.79 Å². The molecule has 0 unspecified atom stereocenters. The second-order valence-electron chi connectivity index (χ2n) is 7.52. The molecular weight excluding hydrogens is 376 g/mol. The molecule has 2 aromatic heterocycles. The maximum Gasteiger partial charge on any atom is 0.254 e. The number of nitrogens with zero attached hydrogens (tertiary/aromatic N) is 3. The Morgan fingerprint density at radius 2 is 1.80 bits per heavy atom. The first-order valence-electron chi connectivity index (χ1n) is 10.1.